The van der Waals surface area contributed by atoms with Gasteiger partial charge in [0.05, 0.1) is 17.4 Å². The molecule has 1 N–H and O–H groups in total. The second-order valence-electron chi connectivity index (χ2n) is 5.69. The predicted octanol–water partition coefficient (Wildman–Crippen LogP) is 3.09. The molecule has 0 heterocycles. The Morgan fingerprint density at radius 2 is 1.71 bits per heavy atom. The molecule has 0 aromatic heterocycles. The smallest absolute Gasteiger partial charge is 0.212 e. The van der Waals surface area contributed by atoms with Crippen molar-refractivity contribution in [1.82, 2.24) is 4.72 Å². The standard InChI is InChI=1S/C16H22N2O2S/c17-12-14-8-6-7-9-15(14)13-21(19,20)18-16-10-4-2-1-3-5-11-16/h6-9,16,18H,1-5,10-11,13H2. The summed E-state index contributed by atoms with van der Waals surface area (Å²) >= 11 is 0. The van der Waals surface area contributed by atoms with Crippen molar-refractivity contribution >= 4 is 10.0 Å². The molecule has 0 bridgehead atoms. The molecule has 0 radical (unpaired) electrons. The van der Waals surface area contributed by atoms with Gasteiger partial charge in [-0.1, -0.05) is 50.3 Å². The summed E-state index contributed by atoms with van der Waals surface area (Å²) in [4.78, 5) is 0. The third-order valence-electron chi connectivity index (χ3n) is 3.93. The van der Waals surface area contributed by atoms with Gasteiger partial charge in [0, 0.05) is 6.04 Å². The largest absolute Gasteiger partial charge is 0.216 e. The zero-order valence-electron chi connectivity index (χ0n) is 12.2. The third kappa shape index (κ3) is 5.14. The molecule has 0 unspecified atom stereocenters. The summed E-state index contributed by atoms with van der Waals surface area (Å²) in [6, 6.07) is 8.96. The maximum Gasteiger partial charge on any atom is 0.216 e. The van der Waals surface area contributed by atoms with Crippen LogP contribution in [0.2, 0.25) is 0 Å². The summed E-state index contributed by atoms with van der Waals surface area (Å²) in [6.07, 6.45) is 7.64. The van der Waals surface area contributed by atoms with Crippen molar-refractivity contribution in [3.8, 4) is 6.07 Å². The number of nitrogens with zero attached hydrogens (tertiary/aromatic N) is 1. The summed E-state index contributed by atoms with van der Waals surface area (Å²) in [5.74, 6) is -0.118. The Bertz CT molecular complexity index is 597. The molecular weight excluding hydrogens is 284 g/mol. The molecule has 0 spiro atoms. The Morgan fingerprint density at radius 1 is 1.10 bits per heavy atom. The van der Waals surface area contributed by atoms with Gasteiger partial charge in [-0.25, -0.2) is 13.1 Å². The van der Waals surface area contributed by atoms with Crippen molar-refractivity contribution in [1.29, 1.82) is 5.26 Å². The molecule has 0 atom stereocenters. The first kappa shape index (κ1) is 16.0. The van der Waals surface area contributed by atoms with Crippen LogP contribution in [0.1, 0.15) is 56.1 Å². The number of nitriles is 1. The average molecular weight is 306 g/mol. The summed E-state index contributed by atoms with van der Waals surface area (Å²) in [7, 11) is -3.40. The lowest BCUT2D eigenvalue weighted by atomic mass is 9.97. The SMILES string of the molecule is N#Cc1ccccc1CS(=O)(=O)NC1CCCCCCC1. The van der Waals surface area contributed by atoms with E-state index in [1.54, 1.807) is 24.3 Å². The molecule has 1 saturated carbocycles. The second-order valence-corrected chi connectivity index (χ2v) is 7.44. The average Bonchev–Trinajstić information content (AvgIpc) is 2.42. The molecule has 4 nitrogen and oxygen atoms in total. The van der Waals surface area contributed by atoms with Gasteiger partial charge >= 0.3 is 0 Å². The van der Waals surface area contributed by atoms with E-state index >= 15 is 0 Å². The zero-order valence-corrected chi connectivity index (χ0v) is 13.0. The Balaban J connectivity index is 2.02. The maximum absolute atomic E-state index is 12.3. The first-order valence-electron chi connectivity index (χ1n) is 7.59. The minimum absolute atomic E-state index is 0.0459. The van der Waals surface area contributed by atoms with E-state index in [9.17, 15) is 8.42 Å². The first-order valence-corrected chi connectivity index (χ1v) is 9.24. The third-order valence-corrected chi connectivity index (χ3v) is 5.32. The van der Waals surface area contributed by atoms with Gasteiger partial charge in [0.15, 0.2) is 0 Å². The fraction of sp³-hybridized carbons (Fsp3) is 0.562. The molecule has 5 heteroatoms. The van der Waals surface area contributed by atoms with Crippen LogP contribution in [0.15, 0.2) is 24.3 Å². The molecule has 21 heavy (non-hydrogen) atoms. The van der Waals surface area contributed by atoms with Gasteiger partial charge in [0.25, 0.3) is 0 Å². The van der Waals surface area contributed by atoms with E-state index in [2.05, 4.69) is 4.72 Å². The summed E-state index contributed by atoms with van der Waals surface area (Å²) in [6.45, 7) is 0. The lowest BCUT2D eigenvalue weighted by molar-refractivity contribution is 0.426. The molecule has 114 valence electrons. The van der Waals surface area contributed by atoms with E-state index in [1.807, 2.05) is 6.07 Å². The Labute approximate surface area is 127 Å². The van der Waals surface area contributed by atoms with Crippen LogP contribution in [-0.2, 0) is 15.8 Å². The topological polar surface area (TPSA) is 70.0 Å². The molecule has 0 aliphatic heterocycles. The lowest BCUT2D eigenvalue weighted by Gasteiger charge is -2.21. The number of benzene rings is 1. The quantitative estimate of drug-likeness (QED) is 0.929. The normalized spacial score (nSPS) is 17.7. The zero-order chi connectivity index (χ0) is 15.1. The van der Waals surface area contributed by atoms with E-state index in [0.29, 0.717) is 11.1 Å². The van der Waals surface area contributed by atoms with Crippen molar-refractivity contribution < 1.29 is 8.42 Å². The van der Waals surface area contributed by atoms with Gasteiger partial charge in [-0.15, -0.1) is 0 Å². The highest BCUT2D eigenvalue weighted by Crippen LogP contribution is 2.19. The van der Waals surface area contributed by atoms with E-state index < -0.39 is 10.0 Å². The van der Waals surface area contributed by atoms with E-state index in [4.69, 9.17) is 5.26 Å². The molecule has 0 amide bonds. The molecule has 1 fully saturated rings. The molecule has 0 saturated heterocycles. The van der Waals surface area contributed by atoms with Crippen LogP contribution in [0.3, 0.4) is 0 Å². The predicted molar refractivity (Wildman–Crippen MR) is 83.0 cm³/mol. The van der Waals surface area contributed by atoms with Crippen LogP contribution in [0.25, 0.3) is 0 Å². The van der Waals surface area contributed by atoms with Gasteiger partial charge in [0.1, 0.15) is 0 Å². The highest BCUT2D eigenvalue weighted by molar-refractivity contribution is 7.88. The van der Waals surface area contributed by atoms with Crippen molar-refractivity contribution in [2.24, 2.45) is 0 Å². The number of sulfonamides is 1. The number of nitrogens with one attached hydrogen (secondary N) is 1. The highest BCUT2D eigenvalue weighted by Gasteiger charge is 2.20. The molecule has 1 aromatic carbocycles. The van der Waals surface area contributed by atoms with Crippen molar-refractivity contribution in [2.45, 2.75) is 56.7 Å². The molecule has 1 aliphatic carbocycles. The van der Waals surface area contributed by atoms with Crippen molar-refractivity contribution in [3.05, 3.63) is 35.4 Å². The summed E-state index contributed by atoms with van der Waals surface area (Å²) < 4.78 is 27.5. The lowest BCUT2D eigenvalue weighted by Crippen LogP contribution is -2.36. The minimum Gasteiger partial charge on any atom is -0.212 e. The van der Waals surface area contributed by atoms with Crippen LogP contribution in [0.4, 0.5) is 0 Å². The fourth-order valence-corrected chi connectivity index (χ4v) is 4.32. The van der Waals surface area contributed by atoms with Gasteiger partial charge in [-0.05, 0) is 24.5 Å². The minimum atomic E-state index is -3.40. The summed E-state index contributed by atoms with van der Waals surface area (Å²) in [5, 5.41) is 9.04. The van der Waals surface area contributed by atoms with E-state index in [1.165, 1.54) is 19.3 Å². The Hall–Kier alpha value is -1.38. The van der Waals surface area contributed by atoms with Gasteiger partial charge < -0.3 is 0 Å². The van der Waals surface area contributed by atoms with Crippen molar-refractivity contribution in [2.75, 3.05) is 0 Å². The van der Waals surface area contributed by atoms with Crippen LogP contribution in [-0.4, -0.2) is 14.5 Å². The van der Waals surface area contributed by atoms with Gasteiger partial charge in [-0.2, -0.15) is 5.26 Å². The molecule has 1 aromatic rings. The first-order chi connectivity index (χ1) is 10.1. The Morgan fingerprint density at radius 3 is 2.38 bits per heavy atom. The van der Waals surface area contributed by atoms with Crippen LogP contribution in [0.5, 0.6) is 0 Å². The van der Waals surface area contributed by atoms with E-state index in [0.717, 1.165) is 25.7 Å². The second kappa shape index (κ2) is 7.58. The van der Waals surface area contributed by atoms with E-state index in [-0.39, 0.29) is 11.8 Å². The number of rotatable bonds is 4. The molecule has 2 rings (SSSR count). The number of hydrogen-bond donors (Lipinski definition) is 1. The van der Waals surface area contributed by atoms with Crippen LogP contribution in [0, 0.1) is 11.3 Å². The molecule has 1 aliphatic rings. The maximum atomic E-state index is 12.3. The van der Waals surface area contributed by atoms with Crippen LogP contribution >= 0.6 is 0 Å². The van der Waals surface area contributed by atoms with Gasteiger partial charge in [-0.3, -0.25) is 0 Å². The fourth-order valence-electron chi connectivity index (χ4n) is 2.83. The van der Waals surface area contributed by atoms with Crippen molar-refractivity contribution in [3.63, 3.8) is 0 Å². The monoisotopic (exact) mass is 306 g/mol. The van der Waals surface area contributed by atoms with Crippen LogP contribution < -0.4 is 4.72 Å². The van der Waals surface area contributed by atoms with Gasteiger partial charge in [0.2, 0.25) is 10.0 Å². The highest BCUT2D eigenvalue weighted by atomic mass is 32.2. The summed E-state index contributed by atoms with van der Waals surface area (Å²) in [5.41, 5.74) is 0.999. The number of hydrogen-bond acceptors (Lipinski definition) is 3. The Kier molecular flexibility index (Phi) is 5.77. The molecular formula is C16H22N2O2S.